The average Bonchev–Trinajstić information content (AvgIpc) is 2.73. The van der Waals surface area contributed by atoms with E-state index in [9.17, 15) is 9.59 Å². The van der Waals surface area contributed by atoms with Gasteiger partial charge in [-0.3, -0.25) is 4.79 Å². The molecular formula is C15H18BrNO4. The van der Waals surface area contributed by atoms with Crippen molar-refractivity contribution >= 4 is 27.8 Å². The number of likely N-dealkylation sites (tertiary alicyclic amines) is 1. The van der Waals surface area contributed by atoms with E-state index in [2.05, 4.69) is 15.9 Å². The van der Waals surface area contributed by atoms with Crippen molar-refractivity contribution in [2.75, 3.05) is 19.7 Å². The number of benzene rings is 1. The van der Waals surface area contributed by atoms with Crippen LogP contribution in [0, 0.1) is 0 Å². The summed E-state index contributed by atoms with van der Waals surface area (Å²) < 4.78 is 6.15. The number of carboxylic acids is 1. The SMILES string of the molecule is O=C(O)c1ccc(Br)cc1OCC(=O)N1CCCCCC1. The zero-order valence-corrected chi connectivity index (χ0v) is 13.3. The van der Waals surface area contributed by atoms with Gasteiger partial charge in [-0.05, 0) is 31.0 Å². The number of ether oxygens (including phenoxy) is 1. The van der Waals surface area contributed by atoms with E-state index in [0.717, 1.165) is 38.8 Å². The van der Waals surface area contributed by atoms with E-state index in [1.54, 1.807) is 17.0 Å². The highest BCUT2D eigenvalue weighted by Crippen LogP contribution is 2.24. The third-order valence-corrected chi connectivity index (χ3v) is 3.98. The first-order chi connectivity index (χ1) is 10.1. The van der Waals surface area contributed by atoms with E-state index in [1.807, 2.05) is 0 Å². The molecule has 1 fully saturated rings. The monoisotopic (exact) mass is 355 g/mol. The number of nitrogens with zero attached hydrogens (tertiary/aromatic N) is 1. The molecule has 0 bridgehead atoms. The van der Waals surface area contributed by atoms with E-state index in [0.29, 0.717) is 4.47 Å². The lowest BCUT2D eigenvalue weighted by atomic mass is 10.2. The van der Waals surface area contributed by atoms with Gasteiger partial charge >= 0.3 is 5.97 Å². The molecule has 0 atom stereocenters. The second-order valence-corrected chi connectivity index (χ2v) is 5.94. The summed E-state index contributed by atoms with van der Waals surface area (Å²) in [6, 6.07) is 4.66. The van der Waals surface area contributed by atoms with Crippen LogP contribution in [0.4, 0.5) is 0 Å². The summed E-state index contributed by atoms with van der Waals surface area (Å²) in [4.78, 5) is 25.1. The van der Waals surface area contributed by atoms with E-state index in [1.165, 1.54) is 6.07 Å². The Balaban J connectivity index is 2.00. The molecule has 0 aliphatic carbocycles. The Bertz CT molecular complexity index is 524. The molecule has 0 radical (unpaired) electrons. The molecule has 1 aliphatic rings. The molecule has 0 aromatic heterocycles. The van der Waals surface area contributed by atoms with Crippen LogP contribution in [0.25, 0.3) is 0 Å². The number of carbonyl (C=O) groups excluding carboxylic acids is 1. The van der Waals surface area contributed by atoms with Crippen LogP contribution < -0.4 is 4.74 Å². The van der Waals surface area contributed by atoms with Crippen molar-refractivity contribution in [1.82, 2.24) is 4.90 Å². The van der Waals surface area contributed by atoms with Crippen molar-refractivity contribution in [3.63, 3.8) is 0 Å². The molecule has 6 heteroatoms. The Morgan fingerprint density at radius 2 is 1.86 bits per heavy atom. The maximum atomic E-state index is 12.1. The van der Waals surface area contributed by atoms with Crippen molar-refractivity contribution in [1.29, 1.82) is 0 Å². The molecule has 1 amide bonds. The van der Waals surface area contributed by atoms with Gasteiger partial charge in [-0.25, -0.2) is 4.79 Å². The second kappa shape index (κ2) is 7.45. The van der Waals surface area contributed by atoms with Crippen molar-refractivity contribution in [2.45, 2.75) is 25.7 Å². The first kappa shape index (κ1) is 15.8. The van der Waals surface area contributed by atoms with Crippen LogP contribution in [0.3, 0.4) is 0 Å². The summed E-state index contributed by atoms with van der Waals surface area (Å²) in [5, 5.41) is 9.12. The van der Waals surface area contributed by atoms with Gasteiger partial charge in [-0.2, -0.15) is 0 Å². The predicted octanol–water partition coefficient (Wildman–Crippen LogP) is 2.93. The van der Waals surface area contributed by atoms with Crippen LogP contribution in [-0.2, 0) is 4.79 Å². The van der Waals surface area contributed by atoms with Gasteiger partial charge in [0, 0.05) is 17.6 Å². The minimum atomic E-state index is -1.07. The number of rotatable bonds is 4. The van der Waals surface area contributed by atoms with Crippen molar-refractivity contribution in [3.8, 4) is 5.75 Å². The molecule has 5 nitrogen and oxygen atoms in total. The molecule has 0 unspecified atom stereocenters. The maximum Gasteiger partial charge on any atom is 0.339 e. The molecule has 21 heavy (non-hydrogen) atoms. The molecule has 0 saturated carbocycles. The van der Waals surface area contributed by atoms with Gasteiger partial charge in [-0.15, -0.1) is 0 Å². The van der Waals surface area contributed by atoms with E-state index in [-0.39, 0.29) is 23.8 Å². The normalized spacial score (nSPS) is 15.4. The fraction of sp³-hybridized carbons (Fsp3) is 0.467. The Morgan fingerprint density at radius 1 is 1.19 bits per heavy atom. The highest BCUT2D eigenvalue weighted by molar-refractivity contribution is 9.10. The number of hydrogen-bond donors (Lipinski definition) is 1. The van der Waals surface area contributed by atoms with Crippen LogP contribution in [0.2, 0.25) is 0 Å². The number of halogens is 1. The number of carboxylic acid groups (broad SMARTS) is 1. The van der Waals surface area contributed by atoms with Gasteiger partial charge in [0.2, 0.25) is 0 Å². The van der Waals surface area contributed by atoms with Gasteiger partial charge in [0.15, 0.2) is 6.61 Å². The summed E-state index contributed by atoms with van der Waals surface area (Å²) in [5.74, 6) is -0.951. The molecular weight excluding hydrogens is 338 g/mol. The molecule has 1 aromatic carbocycles. The molecule has 0 spiro atoms. The van der Waals surface area contributed by atoms with Gasteiger partial charge in [0.25, 0.3) is 5.91 Å². The van der Waals surface area contributed by atoms with Crippen LogP contribution in [0.15, 0.2) is 22.7 Å². The Labute approximate surface area is 132 Å². The molecule has 1 saturated heterocycles. The number of carbonyl (C=O) groups is 2. The van der Waals surface area contributed by atoms with Gasteiger partial charge in [0.05, 0.1) is 0 Å². The summed E-state index contributed by atoms with van der Waals surface area (Å²) >= 11 is 3.27. The van der Waals surface area contributed by atoms with E-state index < -0.39 is 5.97 Å². The standard InChI is InChI=1S/C15H18BrNO4/c16-11-5-6-12(15(19)20)13(9-11)21-10-14(18)17-7-3-1-2-4-8-17/h5-6,9H,1-4,7-8,10H2,(H,19,20). The average molecular weight is 356 g/mol. The van der Waals surface area contributed by atoms with Gasteiger partial charge in [0.1, 0.15) is 11.3 Å². The first-order valence-electron chi connectivity index (χ1n) is 7.01. The van der Waals surface area contributed by atoms with Crippen LogP contribution in [-0.4, -0.2) is 41.6 Å². The van der Waals surface area contributed by atoms with E-state index >= 15 is 0 Å². The summed E-state index contributed by atoms with van der Waals surface area (Å²) in [6.07, 6.45) is 4.34. The smallest absolute Gasteiger partial charge is 0.339 e. The van der Waals surface area contributed by atoms with Gasteiger partial charge < -0.3 is 14.7 Å². The minimum Gasteiger partial charge on any atom is -0.483 e. The Morgan fingerprint density at radius 3 is 2.48 bits per heavy atom. The molecule has 2 rings (SSSR count). The molecule has 1 aliphatic heterocycles. The van der Waals surface area contributed by atoms with Crippen molar-refractivity contribution < 1.29 is 19.4 Å². The minimum absolute atomic E-state index is 0.0573. The van der Waals surface area contributed by atoms with Crippen molar-refractivity contribution in [3.05, 3.63) is 28.2 Å². The summed E-state index contributed by atoms with van der Waals surface area (Å²) in [7, 11) is 0. The fourth-order valence-electron chi connectivity index (χ4n) is 2.34. The fourth-order valence-corrected chi connectivity index (χ4v) is 2.68. The Kier molecular flexibility index (Phi) is 5.61. The lowest BCUT2D eigenvalue weighted by Gasteiger charge is -2.20. The largest absolute Gasteiger partial charge is 0.483 e. The highest BCUT2D eigenvalue weighted by atomic mass is 79.9. The van der Waals surface area contributed by atoms with Crippen LogP contribution >= 0.6 is 15.9 Å². The zero-order valence-electron chi connectivity index (χ0n) is 11.7. The lowest BCUT2D eigenvalue weighted by Crippen LogP contribution is -2.35. The topological polar surface area (TPSA) is 66.8 Å². The third kappa shape index (κ3) is 4.46. The second-order valence-electron chi connectivity index (χ2n) is 5.03. The highest BCUT2D eigenvalue weighted by Gasteiger charge is 2.18. The predicted molar refractivity (Wildman–Crippen MR) is 81.6 cm³/mol. The Hall–Kier alpha value is -1.56. The summed E-state index contributed by atoms with van der Waals surface area (Å²) in [6.45, 7) is 1.38. The molecule has 1 N–H and O–H groups in total. The molecule has 1 aromatic rings. The number of aromatic carboxylic acids is 1. The zero-order chi connectivity index (χ0) is 15.2. The quantitative estimate of drug-likeness (QED) is 0.901. The maximum absolute atomic E-state index is 12.1. The lowest BCUT2D eigenvalue weighted by molar-refractivity contribution is -0.133. The van der Waals surface area contributed by atoms with Crippen molar-refractivity contribution in [2.24, 2.45) is 0 Å². The number of hydrogen-bond acceptors (Lipinski definition) is 3. The molecule has 114 valence electrons. The third-order valence-electron chi connectivity index (χ3n) is 3.48. The number of amides is 1. The van der Waals surface area contributed by atoms with Gasteiger partial charge in [-0.1, -0.05) is 28.8 Å². The van der Waals surface area contributed by atoms with E-state index in [4.69, 9.17) is 9.84 Å². The summed E-state index contributed by atoms with van der Waals surface area (Å²) in [5.41, 5.74) is 0.0573. The molecule has 1 heterocycles. The van der Waals surface area contributed by atoms with Crippen LogP contribution in [0.1, 0.15) is 36.0 Å². The van der Waals surface area contributed by atoms with Crippen LogP contribution in [0.5, 0.6) is 5.75 Å². The first-order valence-corrected chi connectivity index (χ1v) is 7.80.